The van der Waals surface area contributed by atoms with Gasteiger partial charge in [0.2, 0.25) is 5.91 Å². The van der Waals surface area contributed by atoms with Crippen LogP contribution >= 0.6 is 0 Å². The summed E-state index contributed by atoms with van der Waals surface area (Å²) in [6, 6.07) is 5.09. The maximum atomic E-state index is 12.7. The Balaban J connectivity index is 2.07. The first kappa shape index (κ1) is 18.1. The van der Waals surface area contributed by atoms with Crippen molar-refractivity contribution < 1.29 is 19.1 Å². The van der Waals surface area contributed by atoms with E-state index in [4.69, 9.17) is 15.2 Å². The van der Waals surface area contributed by atoms with Crippen LogP contribution in [0.15, 0.2) is 18.2 Å². The maximum absolute atomic E-state index is 12.7. The first-order chi connectivity index (χ1) is 11.3. The summed E-state index contributed by atoms with van der Waals surface area (Å²) in [6.07, 6.45) is 0. The highest BCUT2D eigenvalue weighted by Crippen LogP contribution is 2.24. The number of hydrogen-bond donors (Lipinski definition) is 1. The lowest BCUT2D eigenvalue weighted by Gasteiger charge is -2.37. The Kier molecular flexibility index (Phi) is 5.33. The highest BCUT2D eigenvalue weighted by atomic mass is 16.5. The summed E-state index contributed by atoms with van der Waals surface area (Å²) in [5.74, 6) is 0.928. The molecule has 1 aromatic rings. The molecule has 24 heavy (non-hydrogen) atoms. The molecule has 0 bridgehead atoms. The molecule has 0 spiro atoms. The Hall–Kier alpha value is -2.28. The molecule has 1 aliphatic rings. The minimum Gasteiger partial charge on any atom is -0.497 e. The highest BCUT2D eigenvalue weighted by molar-refractivity contribution is 5.95. The van der Waals surface area contributed by atoms with E-state index in [-0.39, 0.29) is 11.8 Å². The summed E-state index contributed by atoms with van der Waals surface area (Å²) >= 11 is 0. The lowest BCUT2D eigenvalue weighted by molar-refractivity contribution is -0.137. The second kappa shape index (κ2) is 7.09. The van der Waals surface area contributed by atoms with Gasteiger partial charge >= 0.3 is 0 Å². The van der Waals surface area contributed by atoms with Crippen LogP contribution in [0.3, 0.4) is 0 Å². The van der Waals surface area contributed by atoms with Crippen molar-refractivity contribution in [2.75, 3.05) is 40.4 Å². The Morgan fingerprint density at radius 2 is 1.42 bits per heavy atom. The molecular formula is C17H25N3O4. The van der Waals surface area contributed by atoms with E-state index >= 15 is 0 Å². The Morgan fingerprint density at radius 1 is 0.958 bits per heavy atom. The topological polar surface area (TPSA) is 85.1 Å². The molecule has 0 saturated carbocycles. The van der Waals surface area contributed by atoms with Gasteiger partial charge in [-0.25, -0.2) is 0 Å². The summed E-state index contributed by atoms with van der Waals surface area (Å²) in [7, 11) is 3.09. The number of carbonyl (C=O) groups is 2. The van der Waals surface area contributed by atoms with Gasteiger partial charge in [0.15, 0.2) is 0 Å². The van der Waals surface area contributed by atoms with Gasteiger partial charge in [0, 0.05) is 37.8 Å². The third kappa shape index (κ3) is 3.97. The fraction of sp³-hybridized carbons (Fsp3) is 0.529. The molecule has 0 atom stereocenters. The van der Waals surface area contributed by atoms with E-state index in [0.717, 1.165) is 0 Å². The number of methoxy groups -OCH3 is 2. The van der Waals surface area contributed by atoms with Crippen LogP contribution < -0.4 is 15.2 Å². The van der Waals surface area contributed by atoms with Gasteiger partial charge in [-0.05, 0) is 26.0 Å². The van der Waals surface area contributed by atoms with Crippen molar-refractivity contribution in [1.29, 1.82) is 0 Å². The van der Waals surface area contributed by atoms with E-state index in [1.54, 1.807) is 56.1 Å². The van der Waals surface area contributed by atoms with Crippen LogP contribution in [0.2, 0.25) is 0 Å². The van der Waals surface area contributed by atoms with Crippen molar-refractivity contribution in [2.24, 2.45) is 5.73 Å². The number of benzene rings is 1. The van der Waals surface area contributed by atoms with E-state index < -0.39 is 5.54 Å². The van der Waals surface area contributed by atoms with Crippen LogP contribution in [0.4, 0.5) is 0 Å². The molecule has 1 fully saturated rings. The van der Waals surface area contributed by atoms with Crippen molar-refractivity contribution in [3.63, 3.8) is 0 Å². The van der Waals surface area contributed by atoms with Crippen molar-refractivity contribution in [2.45, 2.75) is 19.4 Å². The highest BCUT2D eigenvalue weighted by Gasteiger charge is 2.31. The number of amides is 2. The molecule has 7 heteroatoms. The van der Waals surface area contributed by atoms with Gasteiger partial charge in [-0.15, -0.1) is 0 Å². The van der Waals surface area contributed by atoms with Crippen LogP contribution in [-0.4, -0.2) is 67.6 Å². The van der Waals surface area contributed by atoms with Gasteiger partial charge in [0.25, 0.3) is 5.91 Å². The molecule has 2 amide bonds. The zero-order valence-corrected chi connectivity index (χ0v) is 14.7. The molecule has 1 saturated heterocycles. The minimum absolute atomic E-state index is 0.0994. The fourth-order valence-corrected chi connectivity index (χ4v) is 2.63. The van der Waals surface area contributed by atoms with Gasteiger partial charge in [-0.1, -0.05) is 0 Å². The monoisotopic (exact) mass is 335 g/mol. The Morgan fingerprint density at radius 3 is 1.83 bits per heavy atom. The summed E-state index contributed by atoms with van der Waals surface area (Å²) in [6.45, 7) is 5.28. The number of carbonyl (C=O) groups excluding carboxylic acids is 2. The van der Waals surface area contributed by atoms with E-state index in [2.05, 4.69) is 0 Å². The number of piperazine rings is 1. The number of hydrogen-bond acceptors (Lipinski definition) is 5. The van der Waals surface area contributed by atoms with Crippen LogP contribution in [0.5, 0.6) is 11.5 Å². The van der Waals surface area contributed by atoms with E-state index in [1.807, 2.05) is 0 Å². The lowest BCUT2D eigenvalue weighted by atomic mass is 10.0. The van der Waals surface area contributed by atoms with Crippen molar-refractivity contribution >= 4 is 11.8 Å². The number of nitrogens with two attached hydrogens (primary N) is 1. The SMILES string of the molecule is COc1cc(OC)cc(C(=O)N2CCN(C(=O)C(C)(C)N)CC2)c1. The van der Waals surface area contributed by atoms with Crippen LogP contribution in [-0.2, 0) is 4.79 Å². The molecule has 7 nitrogen and oxygen atoms in total. The summed E-state index contributed by atoms with van der Waals surface area (Å²) in [5.41, 5.74) is 5.47. The zero-order chi connectivity index (χ0) is 17.9. The third-order valence-electron chi connectivity index (χ3n) is 4.00. The molecule has 0 aliphatic carbocycles. The number of rotatable bonds is 4. The Bertz CT molecular complexity index is 595. The second-order valence-electron chi connectivity index (χ2n) is 6.41. The zero-order valence-electron chi connectivity index (χ0n) is 14.7. The molecular weight excluding hydrogens is 310 g/mol. The smallest absolute Gasteiger partial charge is 0.254 e. The van der Waals surface area contributed by atoms with Gasteiger partial charge in [0.1, 0.15) is 11.5 Å². The molecule has 0 aromatic heterocycles. The van der Waals surface area contributed by atoms with Crippen LogP contribution in [0.1, 0.15) is 24.2 Å². The predicted molar refractivity (Wildman–Crippen MR) is 90.3 cm³/mol. The van der Waals surface area contributed by atoms with Crippen molar-refractivity contribution in [3.05, 3.63) is 23.8 Å². The summed E-state index contributed by atoms with van der Waals surface area (Å²) in [5, 5.41) is 0. The van der Waals surface area contributed by atoms with E-state index in [9.17, 15) is 9.59 Å². The molecule has 1 aliphatic heterocycles. The van der Waals surface area contributed by atoms with Gasteiger partial charge < -0.3 is 25.0 Å². The molecule has 0 radical (unpaired) electrons. The quantitative estimate of drug-likeness (QED) is 0.876. The van der Waals surface area contributed by atoms with Crippen molar-refractivity contribution in [1.82, 2.24) is 9.80 Å². The minimum atomic E-state index is -0.896. The largest absolute Gasteiger partial charge is 0.497 e. The number of ether oxygens (including phenoxy) is 2. The molecule has 0 unspecified atom stereocenters. The average molecular weight is 335 g/mol. The standard InChI is InChI=1S/C17H25N3O4/c1-17(2,18)16(22)20-7-5-19(6-8-20)15(21)12-9-13(23-3)11-14(10-12)24-4/h9-11H,5-8,18H2,1-4H3. The van der Waals surface area contributed by atoms with Crippen LogP contribution in [0.25, 0.3) is 0 Å². The van der Waals surface area contributed by atoms with E-state index in [0.29, 0.717) is 43.2 Å². The first-order valence-electron chi connectivity index (χ1n) is 7.87. The molecule has 1 heterocycles. The average Bonchev–Trinajstić information content (AvgIpc) is 2.59. The molecule has 1 aromatic carbocycles. The number of nitrogens with zero attached hydrogens (tertiary/aromatic N) is 2. The lowest BCUT2D eigenvalue weighted by Crippen LogP contribution is -2.57. The maximum Gasteiger partial charge on any atom is 0.254 e. The van der Waals surface area contributed by atoms with Crippen molar-refractivity contribution in [3.8, 4) is 11.5 Å². The third-order valence-corrected chi connectivity index (χ3v) is 4.00. The summed E-state index contributed by atoms with van der Waals surface area (Å²) < 4.78 is 10.4. The Labute approximate surface area is 142 Å². The second-order valence-corrected chi connectivity index (χ2v) is 6.41. The van der Waals surface area contributed by atoms with Crippen LogP contribution in [0, 0.1) is 0 Å². The molecule has 2 N–H and O–H groups in total. The molecule has 2 rings (SSSR count). The first-order valence-corrected chi connectivity index (χ1v) is 7.87. The fourth-order valence-electron chi connectivity index (χ4n) is 2.63. The normalized spacial score (nSPS) is 15.2. The van der Waals surface area contributed by atoms with Gasteiger partial charge in [-0.3, -0.25) is 9.59 Å². The summed E-state index contributed by atoms with van der Waals surface area (Å²) in [4.78, 5) is 28.3. The van der Waals surface area contributed by atoms with E-state index in [1.165, 1.54) is 0 Å². The van der Waals surface area contributed by atoms with Gasteiger partial charge in [-0.2, -0.15) is 0 Å². The molecule has 132 valence electrons. The predicted octanol–water partition coefficient (Wildman–Crippen LogP) is 0.726. The van der Waals surface area contributed by atoms with Gasteiger partial charge in [0.05, 0.1) is 19.8 Å².